The van der Waals surface area contributed by atoms with Gasteiger partial charge in [0.1, 0.15) is 13.2 Å². The van der Waals surface area contributed by atoms with Gasteiger partial charge in [0, 0.05) is 6.42 Å². The lowest BCUT2D eigenvalue weighted by atomic mass is 10.0. The van der Waals surface area contributed by atoms with Crippen LogP contribution in [0.1, 0.15) is 239 Å². The molecule has 0 aromatic rings. The number of carbonyl (C=O) groups excluding carboxylic acids is 1. The fourth-order valence-electron chi connectivity index (χ4n) is 8.00. The number of hydrogen-bond acceptors (Lipinski definition) is 5. The second kappa shape index (κ2) is 52.3. The summed E-state index contributed by atoms with van der Waals surface area (Å²) < 4.78 is 23.7. The summed E-state index contributed by atoms with van der Waals surface area (Å²) in [6.07, 6.45) is 75.1. The summed E-state index contributed by atoms with van der Waals surface area (Å²) in [5.74, 6) is -0.204. The quantitative estimate of drug-likeness (QED) is 0.0243. The third-order valence-corrected chi connectivity index (χ3v) is 13.5. The van der Waals surface area contributed by atoms with E-state index in [0.29, 0.717) is 17.4 Å². The molecule has 410 valence electrons. The molecule has 0 spiro atoms. The minimum absolute atomic E-state index is 0.0479. The fourth-order valence-corrected chi connectivity index (χ4v) is 8.74. The minimum atomic E-state index is -4.37. The highest BCUT2D eigenvalue weighted by molar-refractivity contribution is 7.47. The predicted molar refractivity (Wildman–Crippen MR) is 309 cm³/mol. The molecule has 0 saturated carbocycles. The predicted octanol–water partition coefficient (Wildman–Crippen LogP) is 17.8. The zero-order valence-corrected chi connectivity index (χ0v) is 47.6. The highest BCUT2D eigenvalue weighted by Gasteiger charge is 2.27. The number of likely N-dealkylation sites (N-methyl/N-ethyl adjacent to an activating group) is 1. The lowest BCUT2D eigenvalue weighted by molar-refractivity contribution is -0.870. The van der Waals surface area contributed by atoms with Gasteiger partial charge in [0.05, 0.1) is 39.9 Å². The molecule has 0 saturated heterocycles. The highest BCUT2D eigenvalue weighted by Crippen LogP contribution is 2.43. The molecule has 0 fully saturated rings. The van der Waals surface area contributed by atoms with Gasteiger partial charge in [-0.1, -0.05) is 246 Å². The Morgan fingerprint density at radius 3 is 1.30 bits per heavy atom. The van der Waals surface area contributed by atoms with Gasteiger partial charge in [-0.25, -0.2) is 4.57 Å². The van der Waals surface area contributed by atoms with Crippen LogP contribution in [-0.4, -0.2) is 73.4 Å². The molecule has 3 atom stereocenters. The molecule has 0 heterocycles. The Morgan fingerprint density at radius 2 is 0.859 bits per heavy atom. The lowest BCUT2D eigenvalue weighted by Crippen LogP contribution is -2.45. The molecule has 0 aliphatic heterocycles. The molecule has 1 amide bonds. The van der Waals surface area contributed by atoms with E-state index in [-0.39, 0.29) is 19.1 Å². The number of nitrogens with zero attached hydrogens (tertiary/aromatic N) is 1. The van der Waals surface area contributed by atoms with E-state index >= 15 is 0 Å². The topological polar surface area (TPSA) is 105 Å². The number of amides is 1. The van der Waals surface area contributed by atoms with Crippen LogP contribution in [-0.2, 0) is 18.4 Å². The summed E-state index contributed by atoms with van der Waals surface area (Å²) in [6, 6.07) is -0.879. The van der Waals surface area contributed by atoms with E-state index in [1.807, 2.05) is 27.2 Å². The molecule has 0 bridgehead atoms. The first-order valence-electron chi connectivity index (χ1n) is 29.1. The Hall–Kier alpha value is -2.58. The maximum absolute atomic E-state index is 13.0. The Bertz CT molecular complexity index is 1470. The number of aliphatic hydroxyl groups excluding tert-OH is 1. The monoisotopic (exact) mass is 1010 g/mol. The van der Waals surface area contributed by atoms with E-state index in [2.05, 4.69) is 104 Å². The second-order valence-corrected chi connectivity index (χ2v) is 22.1. The molecular weight excluding hydrogens is 900 g/mol. The molecule has 0 radical (unpaired) electrons. The van der Waals surface area contributed by atoms with Crippen LogP contribution in [0.2, 0.25) is 0 Å². The maximum Gasteiger partial charge on any atom is 0.472 e. The summed E-state index contributed by atoms with van der Waals surface area (Å²) in [5, 5.41) is 13.9. The van der Waals surface area contributed by atoms with Crippen molar-refractivity contribution in [3.63, 3.8) is 0 Å². The number of quaternary nitrogens is 1. The van der Waals surface area contributed by atoms with Gasteiger partial charge < -0.3 is 19.8 Å². The molecule has 3 unspecified atom stereocenters. The third-order valence-electron chi connectivity index (χ3n) is 12.5. The number of carbonyl (C=O) groups is 1. The van der Waals surface area contributed by atoms with E-state index in [9.17, 15) is 19.4 Å². The van der Waals surface area contributed by atoms with Crippen LogP contribution in [0.4, 0.5) is 0 Å². The molecule has 71 heavy (non-hydrogen) atoms. The molecule has 0 rings (SSSR count). The summed E-state index contributed by atoms with van der Waals surface area (Å²) in [4.78, 5) is 23.3. The van der Waals surface area contributed by atoms with Crippen molar-refractivity contribution in [2.24, 2.45) is 0 Å². The van der Waals surface area contributed by atoms with Crippen LogP contribution in [0.3, 0.4) is 0 Å². The molecule has 0 aromatic heterocycles. The number of aliphatic hydroxyl groups is 1. The number of rotatable bonds is 52. The zero-order valence-electron chi connectivity index (χ0n) is 46.7. The van der Waals surface area contributed by atoms with Crippen molar-refractivity contribution >= 4 is 13.7 Å². The molecular formula is C62H112N2O6P+. The van der Waals surface area contributed by atoms with Crippen LogP contribution in [0.5, 0.6) is 0 Å². The average Bonchev–Trinajstić information content (AvgIpc) is 3.33. The number of phosphoric acid groups is 1. The summed E-state index contributed by atoms with van der Waals surface area (Å²) >= 11 is 0. The molecule has 0 aliphatic rings. The molecule has 8 nitrogen and oxygen atoms in total. The average molecular weight is 1010 g/mol. The van der Waals surface area contributed by atoms with Crippen molar-refractivity contribution in [3.05, 3.63) is 97.2 Å². The smallest absolute Gasteiger partial charge is 0.387 e. The van der Waals surface area contributed by atoms with Crippen LogP contribution in [0, 0.1) is 0 Å². The van der Waals surface area contributed by atoms with Crippen LogP contribution in [0.15, 0.2) is 97.2 Å². The fraction of sp³-hybridized carbons (Fsp3) is 0.726. The van der Waals surface area contributed by atoms with E-state index in [1.54, 1.807) is 6.08 Å². The molecule has 0 aromatic carbocycles. The maximum atomic E-state index is 13.0. The van der Waals surface area contributed by atoms with E-state index in [0.717, 1.165) is 89.9 Å². The van der Waals surface area contributed by atoms with E-state index in [4.69, 9.17) is 9.05 Å². The van der Waals surface area contributed by atoms with Gasteiger partial charge in [-0.15, -0.1) is 0 Å². The number of phosphoric ester groups is 1. The van der Waals surface area contributed by atoms with Crippen LogP contribution < -0.4 is 5.32 Å². The Kier molecular flexibility index (Phi) is 50.4. The standard InChI is InChI=1S/C62H111N2O6P/c1-6-8-10-12-14-16-18-20-22-24-26-28-30-32-34-36-38-40-42-44-46-48-50-52-54-56-62(66)63-60(59-70-71(67,68)69-58-57-64(3,4)5)61(65)55-53-51-49-47-45-43-41-39-37-35-33-31-29-27-25-23-21-19-17-15-13-11-9-7-2/h8,10,14,16,20,22,26,28,32,34,38,40,45,47,53,55,60-61,65H,6-7,9,11-13,15,17-19,21,23-25,27,29-31,33,35-37,39,41-44,46,48-52,54,56-59H2,1-5H3,(H-,63,66,67,68)/p+1/b10-8-,16-14-,22-20-,28-26-,34-32-,40-38-,47-45+,55-53+. The normalized spacial score (nSPS) is 14.6. The highest BCUT2D eigenvalue weighted by atomic mass is 31.2. The largest absolute Gasteiger partial charge is 0.472 e. The Balaban J connectivity index is 4.32. The zero-order chi connectivity index (χ0) is 52.0. The lowest BCUT2D eigenvalue weighted by Gasteiger charge is -2.25. The van der Waals surface area contributed by atoms with E-state index in [1.165, 1.54) is 128 Å². The van der Waals surface area contributed by atoms with Crippen molar-refractivity contribution in [2.45, 2.75) is 251 Å². The van der Waals surface area contributed by atoms with Crippen LogP contribution in [0.25, 0.3) is 0 Å². The first kappa shape index (κ1) is 68.4. The van der Waals surface area contributed by atoms with Crippen LogP contribution >= 0.6 is 7.82 Å². The van der Waals surface area contributed by atoms with Crippen molar-refractivity contribution in [2.75, 3.05) is 40.9 Å². The summed E-state index contributed by atoms with van der Waals surface area (Å²) in [7, 11) is 1.53. The third kappa shape index (κ3) is 55.0. The van der Waals surface area contributed by atoms with Gasteiger partial charge in [0.2, 0.25) is 5.91 Å². The molecule has 3 N–H and O–H groups in total. The minimum Gasteiger partial charge on any atom is -0.387 e. The van der Waals surface area contributed by atoms with Crippen molar-refractivity contribution in [3.8, 4) is 0 Å². The Labute approximate surface area is 439 Å². The van der Waals surface area contributed by atoms with E-state index < -0.39 is 20.0 Å². The number of unbranched alkanes of at least 4 members (excludes halogenated alkanes) is 25. The number of hydrogen-bond donors (Lipinski definition) is 3. The van der Waals surface area contributed by atoms with Gasteiger partial charge in [-0.05, 0) is 83.5 Å². The van der Waals surface area contributed by atoms with Crippen molar-refractivity contribution in [1.29, 1.82) is 0 Å². The van der Waals surface area contributed by atoms with Gasteiger partial charge in [-0.3, -0.25) is 13.8 Å². The van der Waals surface area contributed by atoms with Crippen molar-refractivity contribution < 1.29 is 32.9 Å². The van der Waals surface area contributed by atoms with Gasteiger partial charge >= 0.3 is 7.82 Å². The van der Waals surface area contributed by atoms with Gasteiger partial charge in [0.15, 0.2) is 0 Å². The first-order valence-corrected chi connectivity index (χ1v) is 30.6. The van der Waals surface area contributed by atoms with Gasteiger partial charge in [0.25, 0.3) is 0 Å². The summed E-state index contributed by atoms with van der Waals surface area (Å²) in [5.41, 5.74) is 0. The SMILES string of the molecule is CC/C=C\C/C=C\C/C=C\C/C=C\C/C=C\C/C=C\CCCCCCCCC(=O)NC(COP(=O)(O)OCC[N+](C)(C)C)C(O)/C=C/CC/C=C/CCCCCCCCCCCCCCCCCCCC. The molecule has 0 aliphatic carbocycles. The Morgan fingerprint density at radius 1 is 0.493 bits per heavy atom. The van der Waals surface area contributed by atoms with Gasteiger partial charge in [-0.2, -0.15) is 0 Å². The molecule has 9 heteroatoms. The number of nitrogens with one attached hydrogen (secondary N) is 1. The summed E-state index contributed by atoms with van der Waals surface area (Å²) in [6.45, 7) is 4.68. The number of allylic oxidation sites excluding steroid dienone is 15. The second-order valence-electron chi connectivity index (χ2n) is 20.6. The first-order chi connectivity index (χ1) is 34.5. The van der Waals surface area contributed by atoms with Crippen molar-refractivity contribution in [1.82, 2.24) is 5.32 Å².